The summed E-state index contributed by atoms with van der Waals surface area (Å²) < 4.78 is 11.3. The zero-order valence-corrected chi connectivity index (χ0v) is 18.6. The van der Waals surface area contributed by atoms with E-state index in [4.69, 9.17) is 9.47 Å². The van der Waals surface area contributed by atoms with E-state index in [9.17, 15) is 0 Å². The standard InChI is InChI=1S/C23H33N5O2/c1-17-14-28(15-18(2)30-17)22-11-10-19(12-25-22)13-26-23(24-3)27(4)16-20-8-6-7-9-21(20)29-5/h6-12,17-18H,13-16H2,1-5H3,(H,24,26). The fraction of sp³-hybridized carbons (Fsp3) is 0.478. The van der Waals surface area contributed by atoms with Gasteiger partial charge in [0.1, 0.15) is 11.6 Å². The van der Waals surface area contributed by atoms with Gasteiger partial charge in [0.05, 0.1) is 19.3 Å². The van der Waals surface area contributed by atoms with Gasteiger partial charge in [-0.1, -0.05) is 24.3 Å². The number of morpholine rings is 1. The van der Waals surface area contributed by atoms with Gasteiger partial charge in [-0.2, -0.15) is 0 Å². The number of pyridine rings is 1. The van der Waals surface area contributed by atoms with Crippen LogP contribution in [0.1, 0.15) is 25.0 Å². The van der Waals surface area contributed by atoms with Crippen LogP contribution in [0.15, 0.2) is 47.6 Å². The Balaban J connectivity index is 1.57. The number of nitrogens with one attached hydrogen (secondary N) is 1. The molecule has 2 aromatic rings. The molecule has 7 nitrogen and oxygen atoms in total. The summed E-state index contributed by atoms with van der Waals surface area (Å²) >= 11 is 0. The van der Waals surface area contributed by atoms with E-state index < -0.39 is 0 Å². The Labute approximate surface area is 179 Å². The van der Waals surface area contributed by atoms with Crippen molar-refractivity contribution in [2.24, 2.45) is 4.99 Å². The smallest absolute Gasteiger partial charge is 0.193 e. The number of aliphatic imine (C=N–C) groups is 1. The Kier molecular flexibility index (Phi) is 7.52. The van der Waals surface area contributed by atoms with E-state index in [0.29, 0.717) is 13.1 Å². The van der Waals surface area contributed by atoms with Crippen molar-refractivity contribution in [2.75, 3.05) is 39.2 Å². The first kappa shape index (κ1) is 21.9. The maximum Gasteiger partial charge on any atom is 0.193 e. The van der Waals surface area contributed by atoms with Crippen molar-refractivity contribution < 1.29 is 9.47 Å². The number of nitrogens with zero attached hydrogens (tertiary/aromatic N) is 4. The van der Waals surface area contributed by atoms with Crippen LogP contribution in [-0.2, 0) is 17.8 Å². The summed E-state index contributed by atoms with van der Waals surface area (Å²) in [5, 5.41) is 3.42. The fourth-order valence-electron chi connectivity index (χ4n) is 3.80. The van der Waals surface area contributed by atoms with Crippen LogP contribution in [0, 0.1) is 0 Å². The van der Waals surface area contributed by atoms with Gasteiger partial charge in [0.15, 0.2) is 5.96 Å². The van der Waals surface area contributed by atoms with Crippen molar-refractivity contribution in [3.05, 3.63) is 53.7 Å². The molecule has 1 aromatic carbocycles. The molecule has 3 rings (SSSR count). The van der Waals surface area contributed by atoms with Gasteiger partial charge in [-0.05, 0) is 31.5 Å². The summed E-state index contributed by atoms with van der Waals surface area (Å²) in [6.45, 7) is 7.31. The van der Waals surface area contributed by atoms with Crippen LogP contribution in [0.25, 0.3) is 0 Å². The average Bonchev–Trinajstić information content (AvgIpc) is 2.74. The minimum Gasteiger partial charge on any atom is -0.496 e. The first-order valence-electron chi connectivity index (χ1n) is 10.4. The molecule has 0 aliphatic carbocycles. The van der Waals surface area contributed by atoms with Crippen molar-refractivity contribution in [1.29, 1.82) is 0 Å². The Hall–Kier alpha value is -2.80. The summed E-state index contributed by atoms with van der Waals surface area (Å²) in [7, 11) is 5.51. The second-order valence-corrected chi connectivity index (χ2v) is 7.76. The van der Waals surface area contributed by atoms with Crippen LogP contribution in [0.4, 0.5) is 5.82 Å². The van der Waals surface area contributed by atoms with Gasteiger partial charge in [-0.3, -0.25) is 4.99 Å². The highest BCUT2D eigenvalue weighted by Gasteiger charge is 2.23. The summed E-state index contributed by atoms with van der Waals surface area (Å²) in [4.78, 5) is 13.4. The van der Waals surface area contributed by atoms with E-state index in [0.717, 1.165) is 41.7 Å². The van der Waals surface area contributed by atoms with Crippen molar-refractivity contribution in [3.8, 4) is 5.75 Å². The molecule has 0 spiro atoms. The second-order valence-electron chi connectivity index (χ2n) is 7.76. The molecule has 2 atom stereocenters. The number of hydrogen-bond acceptors (Lipinski definition) is 5. The van der Waals surface area contributed by atoms with Gasteiger partial charge < -0.3 is 24.6 Å². The molecule has 162 valence electrons. The molecular formula is C23H33N5O2. The van der Waals surface area contributed by atoms with Crippen LogP contribution >= 0.6 is 0 Å². The molecule has 0 bridgehead atoms. The SMILES string of the molecule is CN=C(NCc1ccc(N2CC(C)OC(C)C2)nc1)N(C)Cc1ccccc1OC. The molecular weight excluding hydrogens is 378 g/mol. The van der Waals surface area contributed by atoms with Gasteiger partial charge in [0, 0.05) is 52.0 Å². The van der Waals surface area contributed by atoms with Crippen molar-refractivity contribution in [3.63, 3.8) is 0 Å². The Morgan fingerprint density at radius 1 is 1.23 bits per heavy atom. The number of para-hydroxylation sites is 1. The van der Waals surface area contributed by atoms with Gasteiger partial charge in [0.2, 0.25) is 0 Å². The van der Waals surface area contributed by atoms with Crippen molar-refractivity contribution in [2.45, 2.75) is 39.1 Å². The molecule has 2 heterocycles. The molecule has 1 fully saturated rings. The number of benzene rings is 1. The van der Waals surface area contributed by atoms with E-state index in [2.05, 4.69) is 57.1 Å². The van der Waals surface area contributed by atoms with Gasteiger partial charge in [0.25, 0.3) is 0 Å². The lowest BCUT2D eigenvalue weighted by atomic mass is 10.2. The molecule has 1 aromatic heterocycles. The summed E-state index contributed by atoms with van der Waals surface area (Å²) in [6, 6.07) is 12.2. The topological polar surface area (TPSA) is 62.2 Å². The van der Waals surface area contributed by atoms with E-state index >= 15 is 0 Å². The highest BCUT2D eigenvalue weighted by molar-refractivity contribution is 5.79. The van der Waals surface area contributed by atoms with E-state index in [1.165, 1.54) is 0 Å². The maximum atomic E-state index is 5.81. The van der Waals surface area contributed by atoms with E-state index in [-0.39, 0.29) is 12.2 Å². The Morgan fingerprint density at radius 2 is 1.97 bits per heavy atom. The third-order valence-electron chi connectivity index (χ3n) is 5.18. The molecule has 1 N–H and O–H groups in total. The van der Waals surface area contributed by atoms with Gasteiger partial charge in [-0.15, -0.1) is 0 Å². The van der Waals surface area contributed by atoms with Gasteiger partial charge in [-0.25, -0.2) is 4.98 Å². The molecule has 30 heavy (non-hydrogen) atoms. The maximum absolute atomic E-state index is 5.81. The summed E-state index contributed by atoms with van der Waals surface area (Å²) in [6.07, 6.45) is 2.37. The lowest BCUT2D eigenvalue weighted by Gasteiger charge is -2.36. The zero-order chi connectivity index (χ0) is 21.5. The monoisotopic (exact) mass is 411 g/mol. The third-order valence-corrected chi connectivity index (χ3v) is 5.18. The lowest BCUT2D eigenvalue weighted by Crippen LogP contribution is -2.45. The molecule has 1 saturated heterocycles. The second kappa shape index (κ2) is 10.3. The minimum atomic E-state index is 0.221. The third kappa shape index (κ3) is 5.63. The predicted molar refractivity (Wildman–Crippen MR) is 121 cm³/mol. The van der Waals surface area contributed by atoms with E-state index in [1.807, 2.05) is 31.4 Å². The first-order valence-corrected chi connectivity index (χ1v) is 10.4. The van der Waals surface area contributed by atoms with Crippen LogP contribution in [-0.4, -0.2) is 62.3 Å². The highest BCUT2D eigenvalue weighted by Crippen LogP contribution is 2.20. The quantitative estimate of drug-likeness (QED) is 0.583. The molecule has 0 amide bonds. The molecule has 0 saturated carbocycles. The van der Waals surface area contributed by atoms with Crippen molar-refractivity contribution in [1.82, 2.24) is 15.2 Å². The molecule has 1 aliphatic heterocycles. The zero-order valence-electron chi connectivity index (χ0n) is 18.6. The van der Waals surface area contributed by atoms with Crippen LogP contribution in [0.3, 0.4) is 0 Å². The summed E-state index contributed by atoms with van der Waals surface area (Å²) in [5.74, 6) is 2.70. The fourth-order valence-corrected chi connectivity index (χ4v) is 3.80. The van der Waals surface area contributed by atoms with Gasteiger partial charge >= 0.3 is 0 Å². The Morgan fingerprint density at radius 3 is 2.60 bits per heavy atom. The normalized spacial score (nSPS) is 19.5. The Bertz CT molecular complexity index is 830. The number of hydrogen-bond donors (Lipinski definition) is 1. The molecule has 2 unspecified atom stereocenters. The number of methoxy groups -OCH3 is 1. The predicted octanol–water partition coefficient (Wildman–Crippen LogP) is 2.91. The number of aromatic nitrogens is 1. The van der Waals surface area contributed by atoms with Crippen LogP contribution < -0.4 is 15.0 Å². The lowest BCUT2D eigenvalue weighted by molar-refractivity contribution is -0.00545. The van der Waals surface area contributed by atoms with Crippen molar-refractivity contribution >= 4 is 11.8 Å². The number of anilines is 1. The number of rotatable bonds is 6. The molecule has 0 radical (unpaired) electrons. The van der Waals surface area contributed by atoms with E-state index in [1.54, 1.807) is 14.2 Å². The molecule has 1 aliphatic rings. The first-order chi connectivity index (χ1) is 14.5. The minimum absolute atomic E-state index is 0.221. The highest BCUT2D eigenvalue weighted by atomic mass is 16.5. The number of guanidine groups is 1. The largest absolute Gasteiger partial charge is 0.496 e. The number of ether oxygens (including phenoxy) is 2. The summed E-state index contributed by atoms with van der Waals surface area (Å²) in [5.41, 5.74) is 2.23. The van der Waals surface area contributed by atoms with Crippen LogP contribution in [0.2, 0.25) is 0 Å². The molecule has 7 heteroatoms. The average molecular weight is 412 g/mol. The van der Waals surface area contributed by atoms with Crippen LogP contribution in [0.5, 0.6) is 5.75 Å².